The zero-order chi connectivity index (χ0) is 15.5. The number of rotatable bonds is 3. The van der Waals surface area contributed by atoms with Gasteiger partial charge in [0.2, 0.25) is 0 Å². The Kier molecular flexibility index (Phi) is 4.90. The van der Waals surface area contributed by atoms with Crippen LogP contribution in [0.2, 0.25) is 0 Å². The third-order valence-electron chi connectivity index (χ3n) is 4.80. The fourth-order valence-electron chi connectivity index (χ4n) is 3.58. The van der Waals surface area contributed by atoms with Crippen molar-refractivity contribution in [3.05, 3.63) is 5.82 Å². The second kappa shape index (κ2) is 6.89. The van der Waals surface area contributed by atoms with Gasteiger partial charge in [-0.25, -0.2) is 4.79 Å². The molecule has 0 radical (unpaired) electrons. The lowest BCUT2D eigenvalue weighted by molar-refractivity contribution is 0.182. The lowest BCUT2D eigenvalue weighted by atomic mass is 9.96. The summed E-state index contributed by atoms with van der Waals surface area (Å²) in [4.78, 5) is 14.6. The van der Waals surface area contributed by atoms with E-state index in [1.807, 2.05) is 22.8 Å². The number of nitrogens with zero attached hydrogens (tertiary/aromatic N) is 4. The van der Waals surface area contributed by atoms with Gasteiger partial charge >= 0.3 is 6.03 Å². The average molecular weight is 323 g/mol. The lowest BCUT2D eigenvalue weighted by Crippen LogP contribution is -2.45. The van der Waals surface area contributed by atoms with E-state index in [9.17, 15) is 4.79 Å². The fourth-order valence-corrected chi connectivity index (χ4v) is 4.07. The number of nitrogens with one attached hydrogen (secondary N) is 1. The first kappa shape index (κ1) is 15.6. The molecule has 3 rings (SSSR count). The van der Waals surface area contributed by atoms with Crippen molar-refractivity contribution in [2.45, 2.75) is 62.2 Å². The van der Waals surface area contributed by atoms with Crippen LogP contribution in [0.25, 0.3) is 0 Å². The van der Waals surface area contributed by atoms with Crippen LogP contribution in [0.15, 0.2) is 5.16 Å². The number of urea groups is 1. The highest BCUT2D eigenvalue weighted by Crippen LogP contribution is 2.32. The van der Waals surface area contributed by atoms with Crippen LogP contribution in [0.4, 0.5) is 4.79 Å². The molecular formula is C15H25N5OS. The first-order valence-electron chi connectivity index (χ1n) is 8.21. The van der Waals surface area contributed by atoms with E-state index in [1.165, 1.54) is 19.3 Å². The molecule has 2 amide bonds. The second-order valence-electron chi connectivity index (χ2n) is 6.24. The van der Waals surface area contributed by atoms with Crippen molar-refractivity contribution < 1.29 is 4.79 Å². The Bertz CT molecular complexity index is 526. The van der Waals surface area contributed by atoms with Gasteiger partial charge in [0.25, 0.3) is 0 Å². The summed E-state index contributed by atoms with van der Waals surface area (Å²) >= 11 is 1.58. The number of aromatic nitrogens is 3. The number of thioether (sulfide) groups is 1. The maximum absolute atomic E-state index is 12.6. The van der Waals surface area contributed by atoms with Gasteiger partial charge in [0.05, 0.1) is 6.04 Å². The summed E-state index contributed by atoms with van der Waals surface area (Å²) in [5, 5.41) is 12.6. The standard InChI is InChI=1S/C15H25N5OS/c1-19-13(17-18-15(19)22-2)12-9-6-10-20(12)14(21)16-11-7-4-3-5-8-11/h11-12H,3-10H2,1-2H3,(H,16,21). The summed E-state index contributed by atoms with van der Waals surface area (Å²) in [7, 11) is 1.98. The Balaban J connectivity index is 1.69. The minimum Gasteiger partial charge on any atom is -0.335 e. The number of hydrogen-bond acceptors (Lipinski definition) is 4. The minimum absolute atomic E-state index is 0.0574. The van der Waals surface area contributed by atoms with E-state index in [4.69, 9.17) is 0 Å². The van der Waals surface area contributed by atoms with Crippen molar-refractivity contribution in [1.29, 1.82) is 0 Å². The Morgan fingerprint density at radius 3 is 2.64 bits per heavy atom. The molecule has 1 aromatic rings. The largest absolute Gasteiger partial charge is 0.335 e. The first-order valence-corrected chi connectivity index (χ1v) is 9.43. The van der Waals surface area contributed by atoms with Gasteiger partial charge in [-0.2, -0.15) is 0 Å². The summed E-state index contributed by atoms with van der Waals surface area (Å²) in [6, 6.07) is 0.480. The summed E-state index contributed by atoms with van der Waals surface area (Å²) in [6.07, 6.45) is 9.99. The molecule has 1 atom stereocenters. The topological polar surface area (TPSA) is 63.1 Å². The molecule has 22 heavy (non-hydrogen) atoms. The lowest BCUT2D eigenvalue weighted by Gasteiger charge is -2.29. The van der Waals surface area contributed by atoms with E-state index in [-0.39, 0.29) is 12.1 Å². The van der Waals surface area contributed by atoms with Gasteiger partial charge in [-0.3, -0.25) is 0 Å². The van der Waals surface area contributed by atoms with Crippen molar-refractivity contribution in [3.8, 4) is 0 Å². The van der Waals surface area contributed by atoms with Gasteiger partial charge < -0.3 is 14.8 Å². The highest BCUT2D eigenvalue weighted by molar-refractivity contribution is 7.98. The van der Waals surface area contributed by atoms with Crippen molar-refractivity contribution >= 4 is 17.8 Å². The van der Waals surface area contributed by atoms with Crippen LogP contribution in [0.3, 0.4) is 0 Å². The van der Waals surface area contributed by atoms with Crippen LogP contribution >= 0.6 is 11.8 Å². The summed E-state index contributed by atoms with van der Waals surface area (Å²) < 4.78 is 2.02. The van der Waals surface area contributed by atoms with Crippen LogP contribution in [-0.2, 0) is 7.05 Å². The molecule has 1 aliphatic heterocycles. The number of hydrogen-bond donors (Lipinski definition) is 1. The Labute approximate surface area is 136 Å². The molecule has 6 nitrogen and oxygen atoms in total. The molecule has 1 saturated heterocycles. The Hall–Kier alpha value is -1.24. The highest BCUT2D eigenvalue weighted by Gasteiger charge is 2.34. The summed E-state index contributed by atoms with van der Waals surface area (Å²) in [6.45, 7) is 0.810. The molecule has 2 aliphatic rings. The fraction of sp³-hybridized carbons (Fsp3) is 0.800. The molecule has 1 aliphatic carbocycles. The zero-order valence-electron chi connectivity index (χ0n) is 13.4. The second-order valence-corrected chi connectivity index (χ2v) is 7.01. The van der Waals surface area contributed by atoms with Crippen LogP contribution in [0.5, 0.6) is 0 Å². The van der Waals surface area contributed by atoms with Crippen molar-refractivity contribution in [2.75, 3.05) is 12.8 Å². The molecule has 2 fully saturated rings. The monoisotopic (exact) mass is 323 g/mol. The molecule has 0 bridgehead atoms. The van der Waals surface area contributed by atoms with Gasteiger partial charge in [0.1, 0.15) is 0 Å². The van der Waals surface area contributed by atoms with Gasteiger partial charge in [0, 0.05) is 19.6 Å². The van der Waals surface area contributed by atoms with Crippen LogP contribution in [-0.4, -0.2) is 44.5 Å². The number of amides is 2. The normalized spacial score (nSPS) is 23.0. The third-order valence-corrected chi connectivity index (χ3v) is 5.52. The SMILES string of the molecule is CSc1nnc(C2CCCN2C(=O)NC2CCCCC2)n1C. The maximum Gasteiger partial charge on any atom is 0.318 e. The predicted octanol–water partition coefficient (Wildman–Crippen LogP) is 2.72. The maximum atomic E-state index is 12.6. The van der Waals surface area contributed by atoms with E-state index < -0.39 is 0 Å². The highest BCUT2D eigenvalue weighted by atomic mass is 32.2. The zero-order valence-corrected chi connectivity index (χ0v) is 14.2. The van der Waals surface area contributed by atoms with Crippen molar-refractivity contribution in [2.24, 2.45) is 7.05 Å². The van der Waals surface area contributed by atoms with E-state index in [1.54, 1.807) is 11.8 Å². The van der Waals surface area contributed by atoms with Crippen LogP contribution < -0.4 is 5.32 Å². The van der Waals surface area contributed by atoms with E-state index >= 15 is 0 Å². The average Bonchev–Trinajstić information content (AvgIpc) is 3.14. The van der Waals surface area contributed by atoms with Crippen LogP contribution in [0.1, 0.15) is 56.8 Å². The molecule has 1 unspecified atom stereocenters. The van der Waals surface area contributed by atoms with Gasteiger partial charge in [0.15, 0.2) is 11.0 Å². The van der Waals surface area contributed by atoms with E-state index in [0.29, 0.717) is 6.04 Å². The number of likely N-dealkylation sites (tertiary alicyclic amines) is 1. The van der Waals surface area contributed by atoms with Gasteiger partial charge in [-0.05, 0) is 31.9 Å². The third kappa shape index (κ3) is 3.09. The number of carbonyl (C=O) groups excluding carboxylic acids is 1. The first-order chi connectivity index (χ1) is 10.7. The molecule has 122 valence electrons. The van der Waals surface area contributed by atoms with Gasteiger partial charge in [-0.15, -0.1) is 10.2 Å². The summed E-state index contributed by atoms with van der Waals surface area (Å²) in [5.74, 6) is 0.903. The molecule has 0 aromatic carbocycles. The molecular weight excluding hydrogens is 298 g/mol. The predicted molar refractivity (Wildman–Crippen MR) is 86.9 cm³/mol. The van der Waals surface area contributed by atoms with E-state index in [0.717, 1.165) is 43.2 Å². The van der Waals surface area contributed by atoms with Crippen LogP contribution in [0, 0.1) is 0 Å². The molecule has 0 spiro atoms. The Morgan fingerprint density at radius 1 is 1.18 bits per heavy atom. The number of carbonyl (C=O) groups is 1. The smallest absolute Gasteiger partial charge is 0.318 e. The van der Waals surface area contributed by atoms with Crippen molar-refractivity contribution in [3.63, 3.8) is 0 Å². The van der Waals surface area contributed by atoms with Crippen molar-refractivity contribution in [1.82, 2.24) is 25.0 Å². The molecule has 7 heteroatoms. The molecule has 2 heterocycles. The quantitative estimate of drug-likeness (QED) is 0.869. The summed E-state index contributed by atoms with van der Waals surface area (Å²) in [5.41, 5.74) is 0. The minimum atomic E-state index is 0.0574. The molecule has 1 saturated carbocycles. The molecule has 1 aromatic heterocycles. The Morgan fingerprint density at radius 2 is 1.95 bits per heavy atom. The van der Waals surface area contributed by atoms with E-state index in [2.05, 4.69) is 15.5 Å². The van der Waals surface area contributed by atoms with Gasteiger partial charge in [-0.1, -0.05) is 31.0 Å². The molecule has 1 N–H and O–H groups in total.